The summed E-state index contributed by atoms with van der Waals surface area (Å²) in [5.41, 5.74) is 0.497. The number of nitrogens with zero attached hydrogens (tertiary/aromatic N) is 6. The maximum atomic E-state index is 13.2. The number of hydrogen-bond acceptors (Lipinski definition) is 10. The molecule has 5 rings (SSSR count). The second kappa shape index (κ2) is 10.7. The Balaban J connectivity index is 1.16. The Bertz CT molecular complexity index is 1270. The number of carbonyl (C=O) groups excluding carboxylic acids is 2. The highest BCUT2D eigenvalue weighted by atomic mass is 32.1. The Hall–Kier alpha value is -3.13. The van der Waals surface area contributed by atoms with Crippen molar-refractivity contribution in [2.75, 3.05) is 28.6 Å². The van der Waals surface area contributed by atoms with E-state index in [0.29, 0.717) is 28.2 Å². The fourth-order valence-corrected chi connectivity index (χ4v) is 6.30. The quantitative estimate of drug-likeness (QED) is 0.429. The van der Waals surface area contributed by atoms with Gasteiger partial charge in [-0.15, -0.1) is 20.4 Å². The third-order valence-corrected chi connectivity index (χ3v) is 8.37. The summed E-state index contributed by atoms with van der Waals surface area (Å²) in [5.74, 6) is -2.19. The normalized spacial score (nSPS) is 20.8. The van der Waals surface area contributed by atoms with Crippen LogP contribution in [0.2, 0.25) is 0 Å². The highest BCUT2D eigenvalue weighted by Gasteiger charge is 2.44. The lowest BCUT2D eigenvalue weighted by atomic mass is 9.82. The van der Waals surface area contributed by atoms with Crippen LogP contribution in [0, 0.1) is 0 Å². The number of rotatable bonds is 8. The number of nitrogens with one attached hydrogen (secondary N) is 2. The predicted molar refractivity (Wildman–Crippen MR) is 136 cm³/mol. The van der Waals surface area contributed by atoms with Crippen molar-refractivity contribution in [2.24, 2.45) is 0 Å². The van der Waals surface area contributed by atoms with E-state index in [1.165, 1.54) is 27.6 Å². The van der Waals surface area contributed by atoms with Gasteiger partial charge in [0.25, 0.3) is 5.92 Å². The number of aromatic nitrogens is 5. The molecule has 3 aromatic rings. The first kappa shape index (κ1) is 25.5. The molecule has 3 aromatic heterocycles. The van der Waals surface area contributed by atoms with E-state index >= 15 is 0 Å². The first-order chi connectivity index (χ1) is 17.8. The van der Waals surface area contributed by atoms with Crippen molar-refractivity contribution in [2.45, 2.75) is 63.2 Å². The molecule has 37 heavy (non-hydrogen) atoms. The summed E-state index contributed by atoms with van der Waals surface area (Å²) in [7, 11) is 0. The van der Waals surface area contributed by atoms with Gasteiger partial charge in [0.2, 0.25) is 22.1 Å². The summed E-state index contributed by atoms with van der Waals surface area (Å²) in [5, 5.41) is 25.1. The highest BCUT2D eigenvalue weighted by molar-refractivity contribution is 7.15. The van der Waals surface area contributed by atoms with Crippen molar-refractivity contribution in [3.63, 3.8) is 0 Å². The molecule has 10 nitrogen and oxygen atoms in total. The molecule has 2 amide bonds. The zero-order valence-corrected chi connectivity index (χ0v) is 21.7. The number of pyridine rings is 1. The van der Waals surface area contributed by atoms with E-state index in [0.717, 1.165) is 35.7 Å². The standard InChI is InChI=1S/C23H26F2N8O2S2/c1-2-17(34)27-21-31-29-19(36-21)13-5-3-6-14(9-13)20-30-32-22(37-20)28-18(35)10-15-7-4-8-16(26-15)33-11-23(24,25)12-33/h4,7-8,13-14H,2-3,5-6,9-12H2,1H3,(H,27,31,34)(H,28,32,35)/t13-,14-/m0/s1. The summed E-state index contributed by atoms with van der Waals surface area (Å²) < 4.78 is 26.3. The topological polar surface area (TPSA) is 126 Å². The predicted octanol–water partition coefficient (Wildman–Crippen LogP) is 4.21. The molecule has 1 saturated carbocycles. The Kier molecular flexibility index (Phi) is 7.38. The van der Waals surface area contributed by atoms with Gasteiger partial charge in [-0.2, -0.15) is 0 Å². The van der Waals surface area contributed by atoms with E-state index < -0.39 is 5.92 Å². The Morgan fingerprint density at radius 1 is 1.00 bits per heavy atom. The molecular formula is C23H26F2N8O2S2. The number of anilines is 3. The maximum Gasteiger partial charge on any atom is 0.282 e. The van der Waals surface area contributed by atoms with Crippen LogP contribution in [0.15, 0.2) is 18.2 Å². The van der Waals surface area contributed by atoms with Crippen LogP contribution in [-0.4, -0.2) is 56.2 Å². The van der Waals surface area contributed by atoms with E-state index in [4.69, 9.17) is 0 Å². The zero-order valence-electron chi connectivity index (χ0n) is 20.1. The molecule has 0 bridgehead atoms. The lowest BCUT2D eigenvalue weighted by Gasteiger charge is -2.39. The van der Waals surface area contributed by atoms with E-state index in [1.54, 1.807) is 25.1 Å². The molecule has 0 spiro atoms. The van der Waals surface area contributed by atoms with E-state index in [9.17, 15) is 18.4 Å². The highest BCUT2D eigenvalue weighted by Crippen LogP contribution is 2.43. The summed E-state index contributed by atoms with van der Waals surface area (Å²) in [6.07, 6.45) is 4.23. The van der Waals surface area contributed by atoms with Gasteiger partial charge in [-0.3, -0.25) is 9.59 Å². The Labute approximate surface area is 219 Å². The van der Waals surface area contributed by atoms with Crippen molar-refractivity contribution in [3.05, 3.63) is 33.9 Å². The van der Waals surface area contributed by atoms with E-state index in [-0.39, 0.29) is 43.2 Å². The third kappa shape index (κ3) is 6.24. The third-order valence-electron chi connectivity index (χ3n) is 6.37. The van der Waals surface area contributed by atoms with Crippen LogP contribution in [0.25, 0.3) is 0 Å². The molecule has 0 unspecified atom stereocenters. The van der Waals surface area contributed by atoms with Gasteiger partial charge >= 0.3 is 0 Å². The summed E-state index contributed by atoms with van der Waals surface area (Å²) in [6, 6.07) is 5.07. The molecule has 2 atom stereocenters. The molecule has 2 N–H and O–H groups in total. The molecule has 0 aromatic carbocycles. The van der Waals surface area contributed by atoms with Gasteiger partial charge in [-0.25, -0.2) is 13.8 Å². The number of carbonyl (C=O) groups is 2. The van der Waals surface area contributed by atoms with Crippen molar-refractivity contribution >= 4 is 50.6 Å². The van der Waals surface area contributed by atoms with Gasteiger partial charge in [0.1, 0.15) is 15.8 Å². The zero-order chi connectivity index (χ0) is 26.0. The Morgan fingerprint density at radius 2 is 1.62 bits per heavy atom. The van der Waals surface area contributed by atoms with E-state index in [2.05, 4.69) is 36.0 Å². The van der Waals surface area contributed by atoms with Gasteiger partial charge in [0.05, 0.1) is 25.2 Å². The van der Waals surface area contributed by atoms with Gasteiger partial charge in [-0.05, 0) is 31.4 Å². The molecule has 2 fully saturated rings. The molecular weight excluding hydrogens is 522 g/mol. The number of halogens is 2. The Morgan fingerprint density at radius 3 is 2.22 bits per heavy atom. The molecule has 1 saturated heterocycles. The summed E-state index contributed by atoms with van der Waals surface area (Å²) in [6.45, 7) is 1.07. The minimum absolute atomic E-state index is 0.00639. The van der Waals surface area contributed by atoms with Crippen LogP contribution < -0.4 is 15.5 Å². The lowest BCUT2D eigenvalue weighted by molar-refractivity contribution is -0.116. The molecule has 4 heterocycles. The van der Waals surface area contributed by atoms with Gasteiger partial charge in [0.15, 0.2) is 0 Å². The SMILES string of the molecule is CCC(=O)Nc1nnc([C@H]2CCC[C@H](c3nnc(NC(=O)Cc4cccc(N5CC(F)(F)C5)n4)s3)C2)s1. The number of alkyl halides is 2. The fraction of sp³-hybridized carbons (Fsp3) is 0.522. The van der Waals surface area contributed by atoms with Crippen molar-refractivity contribution in [1.82, 2.24) is 25.4 Å². The van der Waals surface area contributed by atoms with Crippen LogP contribution in [0.4, 0.5) is 24.9 Å². The summed E-state index contributed by atoms with van der Waals surface area (Å²) in [4.78, 5) is 30.0. The van der Waals surface area contributed by atoms with Crippen LogP contribution in [-0.2, 0) is 16.0 Å². The second-order valence-electron chi connectivity index (χ2n) is 9.28. The molecule has 1 aliphatic heterocycles. The number of amides is 2. The van der Waals surface area contributed by atoms with Crippen LogP contribution >= 0.6 is 22.7 Å². The van der Waals surface area contributed by atoms with Crippen LogP contribution in [0.3, 0.4) is 0 Å². The largest absolute Gasteiger partial charge is 0.344 e. The average Bonchev–Trinajstić information content (AvgIpc) is 3.52. The van der Waals surface area contributed by atoms with E-state index in [1.807, 2.05) is 0 Å². The van der Waals surface area contributed by atoms with Crippen LogP contribution in [0.5, 0.6) is 0 Å². The fourth-order valence-electron chi connectivity index (χ4n) is 4.49. The smallest absolute Gasteiger partial charge is 0.282 e. The lowest BCUT2D eigenvalue weighted by Crippen LogP contribution is -2.56. The first-order valence-corrected chi connectivity index (χ1v) is 13.8. The van der Waals surface area contributed by atoms with Crippen LogP contribution in [0.1, 0.15) is 66.6 Å². The maximum absolute atomic E-state index is 13.2. The van der Waals surface area contributed by atoms with Gasteiger partial charge < -0.3 is 15.5 Å². The minimum Gasteiger partial charge on any atom is -0.344 e. The van der Waals surface area contributed by atoms with Crippen molar-refractivity contribution in [3.8, 4) is 0 Å². The summed E-state index contributed by atoms with van der Waals surface area (Å²) >= 11 is 2.77. The second-order valence-corrected chi connectivity index (χ2v) is 11.3. The van der Waals surface area contributed by atoms with Gasteiger partial charge in [0, 0.05) is 18.3 Å². The molecule has 2 aliphatic rings. The number of hydrogen-bond donors (Lipinski definition) is 2. The van der Waals surface area contributed by atoms with Gasteiger partial charge in [-0.1, -0.05) is 42.1 Å². The molecule has 196 valence electrons. The first-order valence-electron chi connectivity index (χ1n) is 12.1. The van der Waals surface area contributed by atoms with Crippen molar-refractivity contribution in [1.29, 1.82) is 0 Å². The van der Waals surface area contributed by atoms with Crippen molar-refractivity contribution < 1.29 is 18.4 Å². The average molecular weight is 549 g/mol. The molecule has 0 radical (unpaired) electrons. The minimum atomic E-state index is -2.69. The molecule has 14 heteroatoms. The molecule has 1 aliphatic carbocycles. The monoisotopic (exact) mass is 548 g/mol.